The van der Waals surface area contributed by atoms with E-state index in [0.29, 0.717) is 6.20 Å². The van der Waals surface area contributed by atoms with Crippen LogP contribution in [0.5, 0.6) is 5.75 Å². The third kappa shape index (κ3) is 6.27. The number of halogens is 3. The Hall–Kier alpha value is -3.53. The maximum absolute atomic E-state index is 11.8. The van der Waals surface area contributed by atoms with Crippen molar-refractivity contribution < 1.29 is 72.4 Å². The predicted molar refractivity (Wildman–Crippen MR) is 144 cm³/mol. The van der Waals surface area contributed by atoms with Crippen molar-refractivity contribution in [3.8, 4) is 28.0 Å². The molecule has 0 atom stereocenters. The second-order valence-electron chi connectivity index (χ2n) is 8.53. The van der Waals surface area contributed by atoms with E-state index >= 15 is 0 Å². The molecule has 199 valence electrons. The molecular weight excluding hydrogens is 655 g/mol. The maximum Gasteiger partial charge on any atom is 0.455 e. The second-order valence-corrected chi connectivity index (χ2v) is 8.53. The molecule has 0 spiro atoms. The van der Waals surface area contributed by atoms with E-state index in [9.17, 15) is 18.0 Å². The summed E-state index contributed by atoms with van der Waals surface area (Å²) < 4.78 is 35.5. The van der Waals surface area contributed by atoms with Gasteiger partial charge in [0, 0.05) is 84.9 Å². The number of Topliss-reactive ketones (excluding diaryl/α,β-unsaturated/α-hetero) is 1. The molecule has 0 aliphatic carbocycles. The molecule has 3 heterocycles. The molecule has 3 aromatic carbocycles. The van der Waals surface area contributed by atoms with Crippen molar-refractivity contribution in [1.29, 1.82) is 0 Å². The number of pyridine rings is 3. The molecular formula is C31H20EuF3N3O2. The van der Waals surface area contributed by atoms with Gasteiger partial charge in [-0.25, -0.2) is 0 Å². The van der Waals surface area contributed by atoms with Crippen molar-refractivity contribution in [1.82, 2.24) is 15.0 Å². The van der Waals surface area contributed by atoms with Crippen LogP contribution in [-0.2, 0) is 0 Å². The van der Waals surface area contributed by atoms with Crippen LogP contribution in [0.3, 0.4) is 0 Å². The minimum absolute atomic E-state index is 0. The number of benzene rings is 3. The molecule has 0 aliphatic heterocycles. The number of rotatable bonds is 3. The SMILES string of the molecule is O=C(c1cnccc1O)C(F)(F)F.[Eu].c1ccc(-c2ccnc3c2ccc2c(-c4ccccc4)ccnc23)cc1. The summed E-state index contributed by atoms with van der Waals surface area (Å²) in [6.07, 6.45) is 0.524. The number of aromatic hydroxyl groups is 1. The molecule has 6 aromatic rings. The van der Waals surface area contributed by atoms with Crippen molar-refractivity contribution in [3.05, 3.63) is 121 Å². The topological polar surface area (TPSA) is 76.0 Å². The smallest absolute Gasteiger partial charge is 0.455 e. The average Bonchev–Trinajstić information content (AvgIpc) is 2.97. The molecule has 0 bridgehead atoms. The number of nitrogens with zero attached hydrogens (tertiary/aromatic N) is 3. The number of fused-ring (bicyclic) bond motifs is 3. The molecule has 1 N–H and O–H groups in total. The average molecular weight is 675 g/mol. The minimum atomic E-state index is -4.99. The summed E-state index contributed by atoms with van der Waals surface area (Å²) in [6.45, 7) is 0. The molecule has 40 heavy (non-hydrogen) atoms. The maximum atomic E-state index is 11.8. The molecule has 0 saturated carbocycles. The Morgan fingerprint density at radius 2 is 1.12 bits per heavy atom. The summed E-state index contributed by atoms with van der Waals surface area (Å²) in [5.74, 6) is -2.82. The Morgan fingerprint density at radius 1 is 0.650 bits per heavy atom. The van der Waals surface area contributed by atoms with Crippen molar-refractivity contribution >= 4 is 27.6 Å². The van der Waals surface area contributed by atoms with Gasteiger partial charge in [-0.2, -0.15) is 13.2 Å². The van der Waals surface area contributed by atoms with Gasteiger partial charge in [0.25, 0.3) is 5.78 Å². The Kier molecular flexibility index (Phi) is 9.40. The van der Waals surface area contributed by atoms with Crippen LogP contribution in [0, 0.1) is 49.4 Å². The molecule has 6 rings (SSSR count). The third-order valence-electron chi connectivity index (χ3n) is 6.09. The minimum Gasteiger partial charge on any atom is -0.507 e. The Bertz CT molecular complexity index is 1680. The summed E-state index contributed by atoms with van der Waals surface area (Å²) in [5.41, 5.74) is 5.81. The fourth-order valence-electron chi connectivity index (χ4n) is 4.28. The quantitative estimate of drug-likeness (QED) is 0.154. The molecule has 3 aromatic heterocycles. The van der Waals surface area contributed by atoms with Gasteiger partial charge >= 0.3 is 6.18 Å². The molecule has 5 nitrogen and oxygen atoms in total. The van der Waals surface area contributed by atoms with E-state index in [-0.39, 0.29) is 49.4 Å². The normalized spacial score (nSPS) is 10.9. The molecule has 1 radical (unpaired) electrons. The van der Waals surface area contributed by atoms with Gasteiger partial charge in [-0.3, -0.25) is 19.7 Å². The van der Waals surface area contributed by atoms with Crippen LogP contribution in [0.1, 0.15) is 10.4 Å². The number of ketones is 1. The van der Waals surface area contributed by atoms with E-state index in [2.05, 4.69) is 87.7 Å². The van der Waals surface area contributed by atoms with Crippen molar-refractivity contribution in [2.24, 2.45) is 0 Å². The summed E-state index contributed by atoms with van der Waals surface area (Å²) >= 11 is 0. The van der Waals surface area contributed by atoms with Gasteiger partial charge in [-0.05, 0) is 40.5 Å². The van der Waals surface area contributed by atoms with E-state index in [4.69, 9.17) is 5.11 Å². The third-order valence-corrected chi connectivity index (χ3v) is 6.09. The summed E-state index contributed by atoms with van der Waals surface area (Å²) in [5, 5.41) is 11.1. The van der Waals surface area contributed by atoms with Gasteiger partial charge in [-0.15, -0.1) is 0 Å². The number of aromatic nitrogens is 3. The first kappa shape index (κ1) is 29.5. The molecule has 0 amide bonds. The zero-order valence-corrected chi connectivity index (χ0v) is 23.1. The summed E-state index contributed by atoms with van der Waals surface area (Å²) in [4.78, 5) is 23.2. The van der Waals surface area contributed by atoms with Crippen LogP contribution in [0.2, 0.25) is 0 Å². The first-order chi connectivity index (χ1) is 18.8. The number of carbonyl (C=O) groups excluding carboxylic acids is 1. The molecule has 0 aliphatic rings. The van der Waals surface area contributed by atoms with Crippen LogP contribution in [-0.4, -0.2) is 32.0 Å². The monoisotopic (exact) mass is 676 g/mol. The summed E-state index contributed by atoms with van der Waals surface area (Å²) in [7, 11) is 0. The van der Waals surface area contributed by atoms with E-state index in [1.807, 2.05) is 24.5 Å². The van der Waals surface area contributed by atoms with Crippen LogP contribution in [0.25, 0.3) is 44.1 Å². The standard InChI is InChI=1S/C24H16N2.C7H4F3NO2.Eu/c1-3-7-17(8-4-1)19-13-15-25-23-21(19)11-12-22-20(14-16-26-24(22)23)18-9-5-2-6-10-18;8-7(9,10)6(13)4-3-11-2-1-5(4)12;/h1-16H;1-3H,(H,11,12);. The number of alkyl halides is 3. The number of hydrogen-bond donors (Lipinski definition) is 1. The van der Waals surface area contributed by atoms with E-state index in [0.717, 1.165) is 34.1 Å². The Labute approximate surface area is 268 Å². The van der Waals surface area contributed by atoms with Gasteiger partial charge in [0.15, 0.2) is 0 Å². The van der Waals surface area contributed by atoms with Gasteiger partial charge in [0.2, 0.25) is 0 Å². The molecule has 0 unspecified atom stereocenters. The van der Waals surface area contributed by atoms with E-state index in [1.165, 1.54) is 22.3 Å². The van der Waals surface area contributed by atoms with Crippen molar-refractivity contribution in [2.75, 3.05) is 0 Å². The first-order valence-corrected chi connectivity index (χ1v) is 11.9. The van der Waals surface area contributed by atoms with Gasteiger partial charge in [-0.1, -0.05) is 72.8 Å². The first-order valence-electron chi connectivity index (χ1n) is 11.9. The second kappa shape index (κ2) is 12.8. The number of hydrogen-bond acceptors (Lipinski definition) is 5. The fourth-order valence-corrected chi connectivity index (χ4v) is 4.28. The van der Waals surface area contributed by atoms with Gasteiger partial charge in [0.05, 0.1) is 16.6 Å². The molecule has 0 fully saturated rings. The van der Waals surface area contributed by atoms with Crippen LogP contribution in [0.15, 0.2) is 116 Å². The predicted octanol–water partition coefficient (Wildman–Crippen LogP) is 7.65. The van der Waals surface area contributed by atoms with Gasteiger partial charge < -0.3 is 5.11 Å². The van der Waals surface area contributed by atoms with Crippen molar-refractivity contribution in [2.45, 2.75) is 6.18 Å². The van der Waals surface area contributed by atoms with Crippen molar-refractivity contribution in [3.63, 3.8) is 0 Å². The molecule has 0 saturated heterocycles. The van der Waals surface area contributed by atoms with Crippen LogP contribution < -0.4 is 0 Å². The Balaban J connectivity index is 0.000000226. The van der Waals surface area contributed by atoms with E-state index < -0.39 is 23.3 Å². The summed E-state index contributed by atoms with van der Waals surface area (Å²) in [6, 6.07) is 30.3. The zero-order valence-electron chi connectivity index (χ0n) is 20.7. The van der Waals surface area contributed by atoms with Gasteiger partial charge in [0.1, 0.15) is 5.75 Å². The zero-order chi connectivity index (χ0) is 27.4. The number of carbonyl (C=O) groups is 1. The van der Waals surface area contributed by atoms with E-state index in [1.54, 1.807) is 0 Å². The molecule has 9 heteroatoms. The fraction of sp³-hybridized carbons (Fsp3) is 0.0323. The van der Waals surface area contributed by atoms with Crippen LogP contribution in [0.4, 0.5) is 13.2 Å². The Morgan fingerprint density at radius 3 is 1.55 bits per heavy atom. The van der Waals surface area contributed by atoms with Crippen LogP contribution >= 0.6 is 0 Å². The largest absolute Gasteiger partial charge is 0.507 e.